The Morgan fingerprint density at radius 2 is 2.10 bits per heavy atom. The van der Waals surface area contributed by atoms with Crippen LogP contribution in [0.3, 0.4) is 0 Å². The summed E-state index contributed by atoms with van der Waals surface area (Å²) in [5, 5.41) is 4.26. The Labute approximate surface area is 117 Å². The van der Waals surface area contributed by atoms with Crippen molar-refractivity contribution in [3.8, 4) is 11.8 Å². The van der Waals surface area contributed by atoms with Crippen LogP contribution in [-0.2, 0) is 7.05 Å². The highest BCUT2D eigenvalue weighted by Gasteiger charge is 2.28. The van der Waals surface area contributed by atoms with Gasteiger partial charge in [0, 0.05) is 19.0 Å². The zero-order valence-corrected chi connectivity index (χ0v) is 11.8. The molecule has 0 radical (unpaired) electrons. The normalized spacial score (nSPS) is 14.4. The van der Waals surface area contributed by atoms with Crippen molar-refractivity contribution in [3.63, 3.8) is 0 Å². The van der Waals surface area contributed by atoms with Gasteiger partial charge in [0.15, 0.2) is 5.82 Å². The number of nitrogens with one attached hydrogen (secondary N) is 1. The Kier molecular flexibility index (Phi) is 3.06. The highest BCUT2D eigenvalue weighted by Crippen LogP contribution is 2.40. The molecule has 2 aromatic heterocycles. The molecule has 0 bridgehead atoms. The molecule has 1 aliphatic carbocycles. The van der Waals surface area contributed by atoms with Gasteiger partial charge in [-0.1, -0.05) is 0 Å². The summed E-state index contributed by atoms with van der Waals surface area (Å²) in [6.07, 6.45) is 2.24. The van der Waals surface area contributed by atoms with Gasteiger partial charge in [-0.05, 0) is 26.7 Å². The summed E-state index contributed by atoms with van der Waals surface area (Å²) in [7, 11) is 1.84. The number of ether oxygens (including phenoxy) is 1. The van der Waals surface area contributed by atoms with Gasteiger partial charge in [0.05, 0.1) is 11.3 Å². The first-order chi connectivity index (χ1) is 9.58. The number of nitrogens with zero attached hydrogens (tertiary/aromatic N) is 4. The van der Waals surface area contributed by atoms with Crippen LogP contribution in [0.15, 0.2) is 6.07 Å². The van der Waals surface area contributed by atoms with Crippen molar-refractivity contribution in [1.82, 2.24) is 19.7 Å². The van der Waals surface area contributed by atoms with E-state index in [0.29, 0.717) is 23.5 Å². The Morgan fingerprint density at radius 3 is 2.65 bits per heavy atom. The van der Waals surface area contributed by atoms with E-state index in [2.05, 4.69) is 20.5 Å². The maximum atomic E-state index is 5.88. The standard InChI is InChI=1S/C13H18N6O/c1-7-6-10(19(3)18-7)20-13-8(2)11(17-14)15-12(16-13)9-4-5-9/h6,9H,4-5,14H2,1-3H3,(H,15,16,17). The SMILES string of the molecule is Cc1cc(Oc2nc(C3CC3)nc(NN)c2C)n(C)n1. The van der Waals surface area contributed by atoms with Crippen LogP contribution in [0.5, 0.6) is 11.8 Å². The van der Waals surface area contributed by atoms with E-state index in [-0.39, 0.29) is 0 Å². The van der Waals surface area contributed by atoms with Crippen molar-refractivity contribution < 1.29 is 4.74 Å². The third kappa shape index (κ3) is 2.32. The summed E-state index contributed by atoms with van der Waals surface area (Å²) >= 11 is 0. The van der Waals surface area contributed by atoms with E-state index < -0.39 is 0 Å². The Morgan fingerprint density at radius 1 is 1.35 bits per heavy atom. The molecule has 1 aliphatic rings. The molecule has 0 aliphatic heterocycles. The van der Waals surface area contributed by atoms with Crippen molar-refractivity contribution in [1.29, 1.82) is 0 Å². The molecule has 3 rings (SSSR count). The molecule has 106 valence electrons. The maximum absolute atomic E-state index is 5.88. The number of aryl methyl sites for hydroxylation is 2. The molecule has 0 aromatic carbocycles. The third-order valence-corrected chi connectivity index (χ3v) is 3.36. The van der Waals surface area contributed by atoms with Crippen LogP contribution in [0.2, 0.25) is 0 Å². The molecule has 0 spiro atoms. The van der Waals surface area contributed by atoms with Gasteiger partial charge in [0.1, 0.15) is 5.82 Å². The highest BCUT2D eigenvalue weighted by atomic mass is 16.5. The molecule has 1 saturated carbocycles. The first-order valence-electron chi connectivity index (χ1n) is 6.62. The number of anilines is 1. The predicted octanol–water partition coefficient (Wildman–Crippen LogP) is 1.78. The number of hydrazine groups is 1. The van der Waals surface area contributed by atoms with Gasteiger partial charge >= 0.3 is 0 Å². The third-order valence-electron chi connectivity index (χ3n) is 3.36. The molecular formula is C13H18N6O. The molecule has 7 nitrogen and oxygen atoms in total. The van der Waals surface area contributed by atoms with Crippen LogP contribution in [-0.4, -0.2) is 19.7 Å². The molecule has 2 aromatic rings. The second-order valence-electron chi connectivity index (χ2n) is 5.13. The largest absolute Gasteiger partial charge is 0.420 e. The molecule has 7 heteroatoms. The maximum Gasteiger partial charge on any atom is 0.229 e. The van der Waals surface area contributed by atoms with Crippen LogP contribution in [0.4, 0.5) is 5.82 Å². The summed E-state index contributed by atoms with van der Waals surface area (Å²) in [4.78, 5) is 8.95. The highest BCUT2D eigenvalue weighted by molar-refractivity contribution is 5.49. The fourth-order valence-electron chi connectivity index (χ4n) is 2.06. The second-order valence-corrected chi connectivity index (χ2v) is 5.13. The number of nitrogens with two attached hydrogens (primary N) is 1. The van der Waals surface area contributed by atoms with Crippen LogP contribution >= 0.6 is 0 Å². The summed E-state index contributed by atoms with van der Waals surface area (Å²) in [6.45, 7) is 3.80. The van der Waals surface area contributed by atoms with Gasteiger partial charge in [-0.15, -0.1) is 0 Å². The predicted molar refractivity (Wildman–Crippen MR) is 74.6 cm³/mol. The van der Waals surface area contributed by atoms with E-state index in [0.717, 1.165) is 29.9 Å². The van der Waals surface area contributed by atoms with Gasteiger partial charge in [0.2, 0.25) is 11.8 Å². The Balaban J connectivity index is 1.99. The number of rotatable bonds is 4. The number of hydrogen-bond acceptors (Lipinski definition) is 6. The Hall–Kier alpha value is -2.15. The van der Waals surface area contributed by atoms with Gasteiger partial charge in [-0.3, -0.25) is 0 Å². The molecule has 20 heavy (non-hydrogen) atoms. The number of aromatic nitrogens is 4. The average Bonchev–Trinajstić information content (AvgIpc) is 3.19. The molecule has 0 unspecified atom stereocenters. The van der Waals surface area contributed by atoms with Crippen molar-refractivity contribution in [3.05, 3.63) is 23.1 Å². The van der Waals surface area contributed by atoms with Crippen LogP contribution in [0, 0.1) is 13.8 Å². The lowest BCUT2D eigenvalue weighted by molar-refractivity contribution is 0.409. The first-order valence-corrected chi connectivity index (χ1v) is 6.62. The topological polar surface area (TPSA) is 90.9 Å². The molecule has 0 saturated heterocycles. The zero-order valence-electron chi connectivity index (χ0n) is 11.8. The van der Waals surface area contributed by atoms with Crippen molar-refractivity contribution in [2.45, 2.75) is 32.6 Å². The van der Waals surface area contributed by atoms with Gasteiger partial charge < -0.3 is 10.2 Å². The molecular weight excluding hydrogens is 256 g/mol. The lowest BCUT2D eigenvalue weighted by Crippen LogP contribution is -2.13. The Bertz CT molecular complexity index is 647. The second kappa shape index (κ2) is 4.75. The molecule has 0 amide bonds. The lowest BCUT2D eigenvalue weighted by atomic mass is 10.3. The minimum absolute atomic E-state index is 0.429. The minimum atomic E-state index is 0.429. The van der Waals surface area contributed by atoms with Gasteiger partial charge in [-0.25, -0.2) is 15.5 Å². The van der Waals surface area contributed by atoms with E-state index in [1.54, 1.807) is 4.68 Å². The van der Waals surface area contributed by atoms with Crippen molar-refractivity contribution in [2.75, 3.05) is 5.43 Å². The van der Waals surface area contributed by atoms with Crippen LogP contribution < -0.4 is 16.0 Å². The summed E-state index contributed by atoms with van der Waals surface area (Å²) in [5.41, 5.74) is 4.30. The molecule has 1 fully saturated rings. The van der Waals surface area contributed by atoms with E-state index in [9.17, 15) is 0 Å². The molecule has 3 N–H and O–H groups in total. The summed E-state index contributed by atoms with van der Waals surface area (Å²) in [5.74, 6) is 8.52. The molecule has 0 atom stereocenters. The lowest BCUT2D eigenvalue weighted by Gasteiger charge is -2.12. The molecule has 2 heterocycles. The fraction of sp³-hybridized carbons (Fsp3) is 0.462. The monoisotopic (exact) mass is 274 g/mol. The smallest absolute Gasteiger partial charge is 0.229 e. The number of hydrogen-bond donors (Lipinski definition) is 2. The summed E-state index contributed by atoms with van der Waals surface area (Å²) < 4.78 is 7.56. The minimum Gasteiger partial charge on any atom is -0.420 e. The van der Waals surface area contributed by atoms with Crippen molar-refractivity contribution >= 4 is 5.82 Å². The van der Waals surface area contributed by atoms with Crippen LogP contribution in [0.1, 0.15) is 35.8 Å². The van der Waals surface area contributed by atoms with Gasteiger partial charge in [0.25, 0.3) is 0 Å². The van der Waals surface area contributed by atoms with E-state index in [1.165, 1.54) is 0 Å². The van der Waals surface area contributed by atoms with E-state index >= 15 is 0 Å². The zero-order chi connectivity index (χ0) is 14.3. The summed E-state index contributed by atoms with van der Waals surface area (Å²) in [6, 6.07) is 1.87. The quantitative estimate of drug-likeness (QED) is 0.652. The van der Waals surface area contributed by atoms with Gasteiger partial charge in [-0.2, -0.15) is 10.1 Å². The fourth-order valence-corrected chi connectivity index (χ4v) is 2.06. The first kappa shape index (κ1) is 12.9. The van der Waals surface area contributed by atoms with E-state index in [1.807, 2.05) is 27.0 Å². The van der Waals surface area contributed by atoms with Crippen LogP contribution in [0.25, 0.3) is 0 Å². The van der Waals surface area contributed by atoms with E-state index in [4.69, 9.17) is 10.6 Å². The average molecular weight is 274 g/mol. The number of nitrogen functional groups attached to an aromatic ring is 1. The van der Waals surface area contributed by atoms with Crippen molar-refractivity contribution in [2.24, 2.45) is 12.9 Å².